The summed E-state index contributed by atoms with van der Waals surface area (Å²) in [5, 5.41) is 16.3. The number of hydrogen-bond donors (Lipinski definition) is 2. The van der Waals surface area contributed by atoms with Gasteiger partial charge in [0.25, 0.3) is 0 Å². The van der Waals surface area contributed by atoms with E-state index in [1.54, 1.807) is 0 Å². The summed E-state index contributed by atoms with van der Waals surface area (Å²) in [6.45, 7) is 6.20. The maximum Gasteiger partial charge on any atom is 0.115 e. The quantitative estimate of drug-likeness (QED) is 0.539. The number of rotatable bonds is 4. The highest BCUT2D eigenvalue weighted by Gasteiger charge is 2.31. The number of aryl methyl sites for hydroxylation is 1. The summed E-state index contributed by atoms with van der Waals surface area (Å²) in [5.74, 6) is 3.22. The van der Waals surface area contributed by atoms with Crippen LogP contribution in [0.3, 0.4) is 0 Å². The zero-order chi connectivity index (χ0) is 22.2. The fourth-order valence-electron chi connectivity index (χ4n) is 4.52. The molecule has 2 N–H and O–H groups in total. The molecular weight excluding hydrogens is 368 g/mol. The summed E-state index contributed by atoms with van der Waals surface area (Å²) in [5.41, 5.74) is 2.87. The fraction of sp³-hybridized carbons (Fsp3) is 0.571. The van der Waals surface area contributed by atoms with Gasteiger partial charge in [0.15, 0.2) is 0 Å². The van der Waals surface area contributed by atoms with Crippen molar-refractivity contribution in [2.24, 2.45) is 11.8 Å². The molecule has 0 radical (unpaired) electrons. The first kappa shape index (κ1) is 26.2. The highest BCUT2D eigenvalue weighted by atomic mass is 16.3. The summed E-state index contributed by atoms with van der Waals surface area (Å²) < 4.78 is 0. The second-order valence-electron chi connectivity index (χ2n) is 8.13. The first-order valence-electron chi connectivity index (χ1n) is 12.0. The van der Waals surface area contributed by atoms with E-state index in [9.17, 15) is 5.11 Å². The van der Waals surface area contributed by atoms with Crippen LogP contribution < -0.4 is 0 Å². The Morgan fingerprint density at radius 1 is 0.733 bits per heavy atom. The van der Waals surface area contributed by atoms with Crippen molar-refractivity contribution >= 4 is 0 Å². The molecule has 0 spiro atoms. The largest absolute Gasteiger partial charge is 0.508 e. The van der Waals surface area contributed by atoms with E-state index in [1.165, 1.54) is 68.9 Å². The topological polar surface area (TPSA) is 40.5 Å². The average molecular weight is 413 g/mol. The van der Waals surface area contributed by atoms with E-state index in [4.69, 9.17) is 5.11 Å². The van der Waals surface area contributed by atoms with Crippen LogP contribution in [0.15, 0.2) is 54.6 Å². The number of aliphatic hydroxyl groups excluding tert-OH is 1. The number of hydrogen-bond acceptors (Lipinski definition) is 2. The number of phenols is 1. The first-order chi connectivity index (χ1) is 14.8. The summed E-state index contributed by atoms with van der Waals surface area (Å²) in [7, 11) is 1.00. The molecule has 2 aromatic carbocycles. The lowest BCUT2D eigenvalue weighted by Gasteiger charge is -2.38. The van der Waals surface area contributed by atoms with Crippen molar-refractivity contribution in [3.8, 4) is 5.75 Å². The minimum Gasteiger partial charge on any atom is -0.508 e. The lowest BCUT2D eigenvalue weighted by Crippen LogP contribution is -2.25. The molecule has 0 atom stereocenters. The molecule has 0 aliphatic heterocycles. The Morgan fingerprint density at radius 3 is 1.73 bits per heavy atom. The van der Waals surface area contributed by atoms with Gasteiger partial charge in [0.05, 0.1) is 0 Å². The molecule has 168 valence electrons. The van der Waals surface area contributed by atoms with Gasteiger partial charge in [-0.1, -0.05) is 88.9 Å². The van der Waals surface area contributed by atoms with Crippen LogP contribution in [0.1, 0.15) is 89.2 Å². The third kappa shape index (κ3) is 8.92. The number of aliphatic hydroxyl groups is 1. The highest BCUT2D eigenvalue weighted by molar-refractivity contribution is 5.28. The van der Waals surface area contributed by atoms with Crippen LogP contribution >= 0.6 is 0 Å². The van der Waals surface area contributed by atoms with E-state index < -0.39 is 0 Å². The third-order valence-electron chi connectivity index (χ3n) is 6.33. The van der Waals surface area contributed by atoms with Crippen LogP contribution in [0.2, 0.25) is 0 Å². The SMILES string of the molecule is CC.CCCc1ccccc1.CO.Oc1ccc(C2CCC(C3CCC3)CC2)cc1. The normalized spacial score (nSPS) is 20.2. The van der Waals surface area contributed by atoms with E-state index in [0.29, 0.717) is 5.75 Å². The first-order valence-corrected chi connectivity index (χ1v) is 12.0. The number of aromatic hydroxyl groups is 1. The van der Waals surface area contributed by atoms with E-state index in [2.05, 4.69) is 49.4 Å². The van der Waals surface area contributed by atoms with Crippen LogP contribution in [0.5, 0.6) is 5.75 Å². The molecule has 2 fully saturated rings. The van der Waals surface area contributed by atoms with Crippen molar-refractivity contribution < 1.29 is 10.2 Å². The molecule has 2 aromatic rings. The van der Waals surface area contributed by atoms with Crippen LogP contribution in [-0.2, 0) is 6.42 Å². The highest BCUT2D eigenvalue weighted by Crippen LogP contribution is 2.44. The van der Waals surface area contributed by atoms with Gasteiger partial charge in [-0.15, -0.1) is 0 Å². The third-order valence-corrected chi connectivity index (χ3v) is 6.33. The predicted molar refractivity (Wildman–Crippen MR) is 130 cm³/mol. The van der Waals surface area contributed by atoms with Gasteiger partial charge >= 0.3 is 0 Å². The van der Waals surface area contributed by atoms with Gasteiger partial charge in [0.1, 0.15) is 5.75 Å². The molecule has 0 heterocycles. The molecule has 4 rings (SSSR count). The molecule has 0 amide bonds. The Balaban J connectivity index is 0.000000294. The summed E-state index contributed by atoms with van der Waals surface area (Å²) >= 11 is 0. The molecule has 0 saturated heterocycles. The lowest BCUT2D eigenvalue weighted by molar-refractivity contribution is 0.154. The molecule has 30 heavy (non-hydrogen) atoms. The molecular formula is C28H44O2. The van der Waals surface area contributed by atoms with Crippen LogP contribution in [0.4, 0.5) is 0 Å². The Bertz CT molecular complexity index is 623. The molecule has 2 heteroatoms. The van der Waals surface area contributed by atoms with Gasteiger partial charge in [0.2, 0.25) is 0 Å². The molecule has 2 saturated carbocycles. The second-order valence-corrected chi connectivity index (χ2v) is 8.13. The van der Waals surface area contributed by atoms with Crippen LogP contribution in [0, 0.1) is 11.8 Å². The molecule has 2 nitrogen and oxygen atoms in total. The van der Waals surface area contributed by atoms with Crippen molar-refractivity contribution in [2.75, 3.05) is 7.11 Å². The van der Waals surface area contributed by atoms with Crippen molar-refractivity contribution in [3.63, 3.8) is 0 Å². The maximum atomic E-state index is 9.31. The summed E-state index contributed by atoms with van der Waals surface area (Å²) in [4.78, 5) is 0. The minimum atomic E-state index is 0.386. The van der Waals surface area contributed by atoms with E-state index >= 15 is 0 Å². The molecule has 0 aromatic heterocycles. The van der Waals surface area contributed by atoms with Crippen molar-refractivity contribution in [3.05, 3.63) is 65.7 Å². The molecule has 0 unspecified atom stereocenters. The Hall–Kier alpha value is -1.80. The van der Waals surface area contributed by atoms with Gasteiger partial charge in [-0.05, 0) is 73.1 Å². The van der Waals surface area contributed by atoms with Gasteiger partial charge in [-0.2, -0.15) is 0 Å². The van der Waals surface area contributed by atoms with Gasteiger partial charge in [-0.3, -0.25) is 0 Å². The van der Waals surface area contributed by atoms with Crippen LogP contribution in [-0.4, -0.2) is 17.3 Å². The average Bonchev–Trinajstić information content (AvgIpc) is 2.78. The van der Waals surface area contributed by atoms with E-state index in [0.717, 1.165) is 24.9 Å². The van der Waals surface area contributed by atoms with Crippen molar-refractivity contribution in [1.82, 2.24) is 0 Å². The Kier molecular flexibility index (Phi) is 14.0. The second kappa shape index (κ2) is 16.0. The summed E-state index contributed by atoms with van der Waals surface area (Å²) in [6.07, 6.45) is 12.5. The minimum absolute atomic E-state index is 0.386. The zero-order valence-electron chi connectivity index (χ0n) is 19.7. The fourth-order valence-corrected chi connectivity index (χ4v) is 4.52. The van der Waals surface area contributed by atoms with Crippen molar-refractivity contribution in [1.29, 1.82) is 0 Å². The predicted octanol–water partition coefficient (Wildman–Crippen LogP) is 7.74. The maximum absolute atomic E-state index is 9.31. The molecule has 2 aliphatic carbocycles. The van der Waals surface area contributed by atoms with Crippen LogP contribution in [0.25, 0.3) is 0 Å². The zero-order valence-corrected chi connectivity index (χ0v) is 19.7. The number of phenolic OH excluding ortho intramolecular Hbond substituents is 1. The smallest absolute Gasteiger partial charge is 0.115 e. The van der Waals surface area contributed by atoms with Gasteiger partial charge < -0.3 is 10.2 Å². The summed E-state index contributed by atoms with van der Waals surface area (Å²) in [6, 6.07) is 18.4. The monoisotopic (exact) mass is 412 g/mol. The van der Waals surface area contributed by atoms with Gasteiger partial charge in [-0.25, -0.2) is 0 Å². The van der Waals surface area contributed by atoms with Gasteiger partial charge in [0, 0.05) is 7.11 Å². The molecule has 0 bridgehead atoms. The Labute approximate surface area is 185 Å². The molecule has 2 aliphatic rings. The van der Waals surface area contributed by atoms with Crippen molar-refractivity contribution in [2.45, 2.75) is 84.5 Å². The Morgan fingerprint density at radius 2 is 1.27 bits per heavy atom. The standard InChI is InChI=1S/C16H22O.C9H12.C2H6.CH4O/c17-16-10-8-15(9-11-16)14-6-4-13(5-7-14)12-2-1-3-12;1-2-6-9-7-4-3-5-8-9;2*1-2/h8-14,17H,1-7H2;3-5,7-8H,2,6H2,1H3;1-2H3;2H,1H3. The van der Waals surface area contributed by atoms with E-state index in [-0.39, 0.29) is 0 Å². The lowest BCUT2D eigenvalue weighted by atomic mass is 9.67. The van der Waals surface area contributed by atoms with E-state index in [1.807, 2.05) is 26.0 Å². The number of benzene rings is 2.